The number of hydrogen-bond donors (Lipinski definition) is 1. The molecule has 1 amide bonds. The first-order valence-corrected chi connectivity index (χ1v) is 9.95. The van der Waals surface area contributed by atoms with Crippen molar-refractivity contribution in [2.24, 2.45) is 5.10 Å². The van der Waals surface area contributed by atoms with Crippen LogP contribution in [0.4, 0.5) is 5.69 Å². The normalized spacial score (nSPS) is 11.4. The van der Waals surface area contributed by atoms with Crippen molar-refractivity contribution >= 4 is 29.4 Å². The molecular formula is C23H17ClN4O5. The predicted molar refractivity (Wildman–Crippen MR) is 122 cm³/mol. The fourth-order valence-electron chi connectivity index (χ4n) is 2.62. The lowest BCUT2D eigenvalue weighted by Gasteiger charge is -2.12. The van der Waals surface area contributed by atoms with E-state index in [2.05, 4.69) is 10.5 Å². The van der Waals surface area contributed by atoms with Gasteiger partial charge in [-0.1, -0.05) is 23.7 Å². The zero-order valence-corrected chi connectivity index (χ0v) is 18.0. The SMILES string of the molecule is CC(Oc1ccc(C#N)cc1)C(=O)N/N=C/c1ccc(Oc2ccccc2Cl)c([N+](=O)[O-])c1. The highest BCUT2D eigenvalue weighted by Gasteiger charge is 2.18. The number of carbonyl (C=O) groups is 1. The summed E-state index contributed by atoms with van der Waals surface area (Å²) < 4.78 is 11.1. The van der Waals surface area contributed by atoms with Crippen molar-refractivity contribution in [3.05, 3.63) is 93.0 Å². The lowest BCUT2D eigenvalue weighted by molar-refractivity contribution is -0.385. The van der Waals surface area contributed by atoms with Crippen LogP contribution in [0.2, 0.25) is 5.02 Å². The largest absolute Gasteiger partial charge is 0.481 e. The van der Waals surface area contributed by atoms with Crippen molar-refractivity contribution in [1.82, 2.24) is 5.43 Å². The van der Waals surface area contributed by atoms with E-state index in [9.17, 15) is 14.9 Å². The van der Waals surface area contributed by atoms with Crippen LogP contribution in [-0.2, 0) is 4.79 Å². The molecule has 0 aliphatic carbocycles. The number of para-hydroxylation sites is 1. The molecule has 0 heterocycles. The Labute approximate surface area is 194 Å². The van der Waals surface area contributed by atoms with Gasteiger partial charge in [0.05, 0.1) is 27.8 Å². The van der Waals surface area contributed by atoms with Crippen molar-refractivity contribution in [3.8, 4) is 23.3 Å². The molecule has 9 nitrogen and oxygen atoms in total. The minimum Gasteiger partial charge on any atom is -0.481 e. The molecule has 0 radical (unpaired) electrons. The van der Waals surface area contributed by atoms with E-state index in [1.165, 1.54) is 25.3 Å². The number of hydrogen-bond acceptors (Lipinski definition) is 7. The number of nitrogens with one attached hydrogen (secondary N) is 1. The van der Waals surface area contributed by atoms with Gasteiger partial charge >= 0.3 is 5.69 Å². The molecule has 0 fully saturated rings. The lowest BCUT2D eigenvalue weighted by Crippen LogP contribution is -2.33. The zero-order chi connectivity index (χ0) is 23.8. The number of nitro groups is 1. The van der Waals surface area contributed by atoms with Crippen molar-refractivity contribution < 1.29 is 19.2 Å². The quantitative estimate of drug-likeness (QED) is 0.289. The highest BCUT2D eigenvalue weighted by molar-refractivity contribution is 6.32. The van der Waals surface area contributed by atoms with Gasteiger partial charge in [0.2, 0.25) is 5.75 Å². The zero-order valence-electron chi connectivity index (χ0n) is 17.3. The van der Waals surface area contributed by atoms with E-state index in [1.807, 2.05) is 6.07 Å². The molecule has 0 aromatic heterocycles. The summed E-state index contributed by atoms with van der Waals surface area (Å²) >= 11 is 6.05. The number of nitrogens with zero attached hydrogens (tertiary/aromatic N) is 3. The van der Waals surface area contributed by atoms with Gasteiger partial charge in [0.1, 0.15) is 11.5 Å². The third kappa shape index (κ3) is 6.29. The van der Waals surface area contributed by atoms with Gasteiger partial charge < -0.3 is 9.47 Å². The van der Waals surface area contributed by atoms with Crippen molar-refractivity contribution in [3.63, 3.8) is 0 Å². The van der Waals surface area contributed by atoms with Gasteiger partial charge in [-0.25, -0.2) is 5.43 Å². The van der Waals surface area contributed by atoms with Gasteiger partial charge in [0.25, 0.3) is 5.91 Å². The average molecular weight is 465 g/mol. The second-order valence-electron chi connectivity index (χ2n) is 6.65. The third-order valence-corrected chi connectivity index (χ3v) is 4.60. The maximum atomic E-state index is 12.2. The molecule has 1 N–H and O–H groups in total. The fourth-order valence-corrected chi connectivity index (χ4v) is 2.79. The molecule has 3 aromatic carbocycles. The van der Waals surface area contributed by atoms with E-state index >= 15 is 0 Å². The summed E-state index contributed by atoms with van der Waals surface area (Å²) in [5, 5.41) is 24.4. The van der Waals surface area contributed by atoms with Gasteiger partial charge in [-0.3, -0.25) is 14.9 Å². The summed E-state index contributed by atoms with van der Waals surface area (Å²) in [6.07, 6.45) is 0.398. The first-order chi connectivity index (χ1) is 15.9. The summed E-state index contributed by atoms with van der Waals surface area (Å²) in [5.74, 6) is 0.195. The van der Waals surface area contributed by atoms with Gasteiger partial charge in [-0.15, -0.1) is 0 Å². The van der Waals surface area contributed by atoms with Crippen LogP contribution in [-0.4, -0.2) is 23.1 Å². The molecule has 0 aliphatic heterocycles. The highest BCUT2D eigenvalue weighted by Crippen LogP contribution is 2.35. The maximum absolute atomic E-state index is 12.2. The van der Waals surface area contributed by atoms with Crippen molar-refractivity contribution in [2.45, 2.75) is 13.0 Å². The van der Waals surface area contributed by atoms with Crippen LogP contribution in [0.15, 0.2) is 71.8 Å². The van der Waals surface area contributed by atoms with Crippen LogP contribution < -0.4 is 14.9 Å². The van der Waals surface area contributed by atoms with E-state index < -0.39 is 16.9 Å². The number of carbonyl (C=O) groups excluding carboxylic acids is 1. The molecule has 33 heavy (non-hydrogen) atoms. The predicted octanol–water partition coefficient (Wildman–Crippen LogP) is 4.83. The van der Waals surface area contributed by atoms with E-state index in [-0.39, 0.29) is 17.2 Å². The molecule has 166 valence electrons. The Kier molecular flexibility index (Phi) is 7.57. The number of hydrazone groups is 1. The van der Waals surface area contributed by atoms with Crippen molar-refractivity contribution in [2.75, 3.05) is 0 Å². The van der Waals surface area contributed by atoms with Crippen LogP contribution in [0.5, 0.6) is 17.2 Å². The smallest absolute Gasteiger partial charge is 0.312 e. The minimum atomic E-state index is -0.865. The molecule has 1 atom stereocenters. The number of ether oxygens (including phenoxy) is 2. The van der Waals surface area contributed by atoms with Gasteiger partial charge in [-0.05, 0) is 55.5 Å². The van der Waals surface area contributed by atoms with Crippen LogP contribution in [0.3, 0.4) is 0 Å². The standard InChI is InChI=1S/C23H17ClN4O5/c1-15(32-18-9-6-16(13-25)7-10-18)23(29)27-26-14-17-8-11-22(20(12-17)28(30)31)33-21-5-3-2-4-19(21)24/h2-12,14-15H,1H3,(H,27,29)/b26-14+. The number of nitriles is 1. The molecule has 1 unspecified atom stereocenters. The third-order valence-electron chi connectivity index (χ3n) is 4.29. The highest BCUT2D eigenvalue weighted by atomic mass is 35.5. The second kappa shape index (κ2) is 10.7. The van der Waals surface area contributed by atoms with E-state index in [0.29, 0.717) is 21.9 Å². The molecule has 0 spiro atoms. The van der Waals surface area contributed by atoms with E-state index in [4.69, 9.17) is 26.3 Å². The second-order valence-corrected chi connectivity index (χ2v) is 7.05. The molecular weight excluding hydrogens is 448 g/mol. The Bertz CT molecular complexity index is 1240. The lowest BCUT2D eigenvalue weighted by atomic mass is 10.2. The first kappa shape index (κ1) is 23.2. The summed E-state index contributed by atoms with van der Waals surface area (Å²) in [4.78, 5) is 23.1. The number of amides is 1. The monoisotopic (exact) mass is 464 g/mol. The Morgan fingerprint density at radius 2 is 1.91 bits per heavy atom. The average Bonchev–Trinajstić information content (AvgIpc) is 2.81. The van der Waals surface area contributed by atoms with E-state index in [0.717, 1.165) is 0 Å². The van der Waals surface area contributed by atoms with Crippen LogP contribution in [0.1, 0.15) is 18.1 Å². The topological polar surface area (TPSA) is 127 Å². The first-order valence-electron chi connectivity index (χ1n) is 9.58. The van der Waals surface area contributed by atoms with Gasteiger partial charge in [0, 0.05) is 11.6 Å². The summed E-state index contributed by atoms with van der Waals surface area (Å²) in [5.41, 5.74) is 2.87. The maximum Gasteiger partial charge on any atom is 0.312 e. The van der Waals surface area contributed by atoms with Crippen molar-refractivity contribution in [1.29, 1.82) is 5.26 Å². The molecule has 3 aromatic rings. The molecule has 10 heteroatoms. The molecule has 0 saturated carbocycles. The van der Waals surface area contributed by atoms with Gasteiger partial charge in [0.15, 0.2) is 6.10 Å². The minimum absolute atomic E-state index is 0.0127. The summed E-state index contributed by atoms with van der Waals surface area (Å²) in [7, 11) is 0. The van der Waals surface area contributed by atoms with Crippen LogP contribution in [0.25, 0.3) is 0 Å². The van der Waals surface area contributed by atoms with Crippen LogP contribution >= 0.6 is 11.6 Å². The molecule has 0 saturated heterocycles. The Morgan fingerprint density at radius 3 is 2.58 bits per heavy atom. The van der Waals surface area contributed by atoms with Crippen LogP contribution in [0, 0.1) is 21.4 Å². The number of nitro benzene ring substituents is 1. The molecule has 3 rings (SSSR count). The van der Waals surface area contributed by atoms with Gasteiger partial charge in [-0.2, -0.15) is 10.4 Å². The summed E-state index contributed by atoms with van der Waals surface area (Å²) in [6, 6.07) is 19.1. The Hall–Kier alpha value is -4.42. The molecule has 0 aliphatic rings. The molecule has 0 bridgehead atoms. The number of halogens is 1. The number of rotatable bonds is 8. The number of benzene rings is 3. The Balaban J connectivity index is 1.64. The van der Waals surface area contributed by atoms with E-state index in [1.54, 1.807) is 54.6 Å². The fraction of sp³-hybridized carbons (Fsp3) is 0.0870. The summed E-state index contributed by atoms with van der Waals surface area (Å²) in [6.45, 7) is 1.54. The Morgan fingerprint density at radius 1 is 1.18 bits per heavy atom.